The minimum atomic E-state index is 0.177. The van der Waals surface area contributed by atoms with Crippen molar-refractivity contribution in [1.29, 1.82) is 5.26 Å². The number of nitriles is 1. The van der Waals surface area contributed by atoms with Crippen LogP contribution in [0.15, 0.2) is 40.9 Å². The van der Waals surface area contributed by atoms with Gasteiger partial charge in [0.2, 0.25) is 5.91 Å². The van der Waals surface area contributed by atoms with E-state index in [9.17, 15) is 10.1 Å². The number of benzene rings is 2. The Morgan fingerprint density at radius 3 is 2.73 bits per heavy atom. The van der Waals surface area contributed by atoms with E-state index in [-0.39, 0.29) is 17.9 Å². The van der Waals surface area contributed by atoms with E-state index in [1.54, 1.807) is 12.1 Å². The average molecular weight is 411 g/mol. The number of hydrogen-bond acceptors (Lipinski definition) is 3. The van der Waals surface area contributed by atoms with E-state index < -0.39 is 0 Å². The second kappa shape index (κ2) is 6.77. The molecule has 0 bridgehead atoms. The van der Waals surface area contributed by atoms with E-state index in [4.69, 9.17) is 4.74 Å². The fourth-order valence-electron chi connectivity index (χ4n) is 3.51. The third-order valence-corrected chi connectivity index (χ3v) is 5.71. The van der Waals surface area contributed by atoms with Gasteiger partial charge in [0.15, 0.2) is 0 Å². The summed E-state index contributed by atoms with van der Waals surface area (Å²) in [7, 11) is 0. The molecule has 5 heteroatoms. The van der Waals surface area contributed by atoms with Gasteiger partial charge in [-0.1, -0.05) is 12.1 Å². The Morgan fingerprint density at radius 1 is 1.23 bits per heavy atom. The Labute approximate surface area is 161 Å². The number of hydrogen-bond donors (Lipinski definition) is 0. The standard InChI is InChI=1S/C21H19BrN2O2/c1-13-6-9-16-18(24(13)21(25)14-7-8-14)11-10-17(22)20(16)26-19-5-3-2-4-15(19)12-23/h2-5,10-11,13-14H,6-9H2,1H3/t13-/m0/s1. The van der Waals surface area contributed by atoms with E-state index >= 15 is 0 Å². The van der Waals surface area contributed by atoms with Crippen LogP contribution in [0.1, 0.15) is 37.3 Å². The van der Waals surface area contributed by atoms with Crippen LogP contribution in [-0.2, 0) is 11.2 Å². The average Bonchev–Trinajstić information content (AvgIpc) is 3.49. The normalized spacial score (nSPS) is 18.8. The van der Waals surface area contributed by atoms with E-state index in [1.165, 1.54) is 0 Å². The molecule has 2 aliphatic rings. The molecule has 0 aromatic heterocycles. The van der Waals surface area contributed by atoms with Gasteiger partial charge in [0.1, 0.15) is 17.6 Å². The number of fused-ring (bicyclic) bond motifs is 1. The molecule has 0 radical (unpaired) electrons. The van der Waals surface area contributed by atoms with Crippen molar-refractivity contribution in [1.82, 2.24) is 0 Å². The molecule has 2 aromatic rings. The van der Waals surface area contributed by atoms with E-state index in [2.05, 4.69) is 28.9 Å². The molecule has 1 amide bonds. The molecule has 0 saturated heterocycles. The molecule has 1 aliphatic carbocycles. The highest BCUT2D eigenvalue weighted by molar-refractivity contribution is 9.10. The topological polar surface area (TPSA) is 53.3 Å². The maximum Gasteiger partial charge on any atom is 0.230 e. The minimum Gasteiger partial charge on any atom is -0.454 e. The monoisotopic (exact) mass is 410 g/mol. The van der Waals surface area contributed by atoms with Crippen LogP contribution in [0.25, 0.3) is 0 Å². The van der Waals surface area contributed by atoms with Crippen LogP contribution >= 0.6 is 15.9 Å². The number of carbonyl (C=O) groups is 1. The zero-order valence-corrected chi connectivity index (χ0v) is 16.1. The molecular weight excluding hydrogens is 392 g/mol. The lowest BCUT2D eigenvalue weighted by Crippen LogP contribution is -2.43. The Kier molecular flexibility index (Phi) is 4.46. The highest BCUT2D eigenvalue weighted by Crippen LogP contribution is 2.45. The zero-order valence-electron chi connectivity index (χ0n) is 14.5. The molecule has 0 N–H and O–H groups in total. The van der Waals surface area contributed by atoms with Crippen LogP contribution in [0.2, 0.25) is 0 Å². The fourth-order valence-corrected chi connectivity index (χ4v) is 3.96. The highest BCUT2D eigenvalue weighted by Gasteiger charge is 2.39. The molecule has 132 valence electrons. The first-order chi connectivity index (χ1) is 12.6. The summed E-state index contributed by atoms with van der Waals surface area (Å²) in [6.07, 6.45) is 3.73. The molecule has 1 saturated carbocycles. The molecule has 1 atom stereocenters. The van der Waals surface area contributed by atoms with Gasteiger partial charge in [-0.15, -0.1) is 0 Å². The summed E-state index contributed by atoms with van der Waals surface area (Å²) in [5.74, 6) is 1.63. The van der Waals surface area contributed by atoms with Crippen molar-refractivity contribution in [2.75, 3.05) is 4.90 Å². The number of carbonyl (C=O) groups excluding carboxylic acids is 1. The summed E-state index contributed by atoms with van der Waals surface area (Å²) in [4.78, 5) is 14.8. The van der Waals surface area contributed by atoms with Gasteiger partial charge >= 0.3 is 0 Å². The predicted octanol–water partition coefficient (Wildman–Crippen LogP) is 5.19. The van der Waals surface area contributed by atoms with Gasteiger partial charge in [0.05, 0.1) is 15.7 Å². The van der Waals surface area contributed by atoms with Crippen LogP contribution in [0.3, 0.4) is 0 Å². The molecule has 4 nitrogen and oxygen atoms in total. The molecule has 4 rings (SSSR count). The second-order valence-electron chi connectivity index (χ2n) is 6.95. The zero-order chi connectivity index (χ0) is 18.3. The van der Waals surface area contributed by atoms with Gasteiger partial charge in [-0.3, -0.25) is 4.79 Å². The van der Waals surface area contributed by atoms with Gasteiger partial charge in [0, 0.05) is 17.5 Å². The van der Waals surface area contributed by atoms with Crippen LogP contribution in [0, 0.1) is 17.2 Å². The van der Waals surface area contributed by atoms with Gasteiger partial charge in [0.25, 0.3) is 0 Å². The van der Waals surface area contributed by atoms with Crippen LogP contribution in [0.5, 0.6) is 11.5 Å². The first-order valence-electron chi connectivity index (χ1n) is 8.91. The molecule has 1 aliphatic heterocycles. The van der Waals surface area contributed by atoms with Crippen molar-refractivity contribution < 1.29 is 9.53 Å². The summed E-state index contributed by atoms with van der Waals surface area (Å²) < 4.78 is 6.99. The number of ether oxygens (including phenoxy) is 1. The second-order valence-corrected chi connectivity index (χ2v) is 7.81. The van der Waals surface area contributed by atoms with Crippen molar-refractivity contribution in [3.63, 3.8) is 0 Å². The lowest BCUT2D eigenvalue weighted by Gasteiger charge is -2.36. The maximum absolute atomic E-state index is 12.8. The van der Waals surface area contributed by atoms with Crippen molar-refractivity contribution in [2.45, 2.75) is 38.6 Å². The number of anilines is 1. The summed E-state index contributed by atoms with van der Waals surface area (Å²) in [6, 6.07) is 13.5. The van der Waals surface area contributed by atoms with Crippen LogP contribution < -0.4 is 9.64 Å². The number of nitrogens with zero attached hydrogens (tertiary/aromatic N) is 2. The molecular formula is C21H19BrN2O2. The summed E-state index contributed by atoms with van der Waals surface area (Å²) >= 11 is 3.58. The SMILES string of the molecule is C[C@H]1CCc2c(ccc(Br)c2Oc2ccccc2C#N)N1C(=O)C1CC1. The van der Waals surface area contributed by atoms with Gasteiger partial charge in [-0.25, -0.2) is 0 Å². The third-order valence-electron chi connectivity index (χ3n) is 5.08. The Balaban J connectivity index is 1.77. The lowest BCUT2D eigenvalue weighted by molar-refractivity contribution is -0.120. The van der Waals surface area contributed by atoms with Gasteiger partial charge in [-0.05, 0) is 72.8 Å². The molecule has 2 aromatic carbocycles. The van der Waals surface area contributed by atoms with Crippen molar-refractivity contribution >= 4 is 27.5 Å². The fraction of sp³-hybridized carbons (Fsp3) is 0.333. The van der Waals surface area contributed by atoms with Crippen molar-refractivity contribution in [3.05, 3.63) is 52.0 Å². The van der Waals surface area contributed by atoms with Crippen LogP contribution in [-0.4, -0.2) is 11.9 Å². The highest BCUT2D eigenvalue weighted by atomic mass is 79.9. The smallest absolute Gasteiger partial charge is 0.230 e. The number of rotatable bonds is 3. The Morgan fingerprint density at radius 2 is 2.00 bits per heavy atom. The quantitative estimate of drug-likeness (QED) is 0.699. The number of para-hydroxylation sites is 1. The number of amides is 1. The summed E-state index contributed by atoms with van der Waals surface area (Å²) in [5.41, 5.74) is 2.46. The van der Waals surface area contributed by atoms with E-state index in [1.807, 2.05) is 29.2 Å². The first-order valence-corrected chi connectivity index (χ1v) is 9.71. The van der Waals surface area contributed by atoms with E-state index in [0.717, 1.165) is 41.4 Å². The molecule has 0 spiro atoms. The molecule has 1 fully saturated rings. The molecule has 0 unspecified atom stereocenters. The summed E-state index contributed by atoms with van der Waals surface area (Å²) in [6.45, 7) is 2.11. The Hall–Kier alpha value is -2.32. The first kappa shape index (κ1) is 17.1. The number of halogens is 1. The molecule has 1 heterocycles. The minimum absolute atomic E-state index is 0.177. The Bertz CT molecular complexity index is 915. The summed E-state index contributed by atoms with van der Waals surface area (Å²) in [5, 5.41) is 9.33. The van der Waals surface area contributed by atoms with Gasteiger partial charge in [-0.2, -0.15) is 5.26 Å². The predicted molar refractivity (Wildman–Crippen MR) is 103 cm³/mol. The van der Waals surface area contributed by atoms with Crippen LogP contribution in [0.4, 0.5) is 5.69 Å². The maximum atomic E-state index is 12.8. The van der Waals surface area contributed by atoms with Gasteiger partial charge < -0.3 is 9.64 Å². The van der Waals surface area contributed by atoms with Crippen molar-refractivity contribution in [3.8, 4) is 17.6 Å². The van der Waals surface area contributed by atoms with E-state index in [0.29, 0.717) is 17.1 Å². The molecule has 26 heavy (non-hydrogen) atoms. The third kappa shape index (κ3) is 2.99. The largest absolute Gasteiger partial charge is 0.454 e. The lowest BCUT2D eigenvalue weighted by atomic mass is 9.95. The van der Waals surface area contributed by atoms with Crippen molar-refractivity contribution in [2.24, 2.45) is 5.92 Å².